The quantitative estimate of drug-likeness (QED) is 0.843. The van der Waals surface area contributed by atoms with Crippen LogP contribution in [0.25, 0.3) is 0 Å². The molecule has 0 spiro atoms. The molecule has 6 heteroatoms. The minimum absolute atomic E-state index is 0.0415. The molecule has 1 aliphatic heterocycles. The summed E-state index contributed by atoms with van der Waals surface area (Å²) in [5, 5.41) is 0. The zero-order valence-electron chi connectivity index (χ0n) is 15.0. The minimum Gasteiger partial charge on any atom is -0.336 e. The molecule has 1 fully saturated rings. The monoisotopic (exact) mass is 352 g/mol. The van der Waals surface area contributed by atoms with E-state index in [4.69, 9.17) is 0 Å². The highest BCUT2D eigenvalue weighted by Crippen LogP contribution is 2.12. The lowest BCUT2D eigenvalue weighted by atomic mass is 10.3. The van der Waals surface area contributed by atoms with Crippen LogP contribution in [-0.2, 0) is 4.79 Å². The number of anilines is 1. The normalized spacial score (nSPS) is 15.3. The molecule has 1 aromatic heterocycles. The molecule has 136 valence electrons. The molecule has 0 N–H and O–H groups in total. The van der Waals surface area contributed by atoms with E-state index in [1.807, 2.05) is 41.3 Å². The molecule has 6 nitrogen and oxygen atoms in total. The zero-order chi connectivity index (χ0) is 18.4. The Morgan fingerprint density at radius 1 is 1.00 bits per heavy atom. The highest BCUT2D eigenvalue weighted by Gasteiger charge is 2.23. The Morgan fingerprint density at radius 3 is 2.50 bits per heavy atom. The number of hydrogen-bond acceptors (Lipinski definition) is 4. The lowest BCUT2D eigenvalue weighted by Gasteiger charge is -2.24. The molecule has 0 saturated carbocycles. The molecule has 26 heavy (non-hydrogen) atoms. The number of amides is 2. The van der Waals surface area contributed by atoms with Crippen LogP contribution in [0.3, 0.4) is 0 Å². The summed E-state index contributed by atoms with van der Waals surface area (Å²) in [4.78, 5) is 34.9. The van der Waals surface area contributed by atoms with Gasteiger partial charge in [0, 0.05) is 45.1 Å². The van der Waals surface area contributed by atoms with Gasteiger partial charge in [-0.3, -0.25) is 19.5 Å². The van der Waals surface area contributed by atoms with E-state index >= 15 is 0 Å². The molecule has 3 rings (SSSR count). The average Bonchev–Trinajstić information content (AvgIpc) is 2.93. The summed E-state index contributed by atoms with van der Waals surface area (Å²) in [6.45, 7) is 3.15. The van der Waals surface area contributed by atoms with Crippen molar-refractivity contribution in [1.82, 2.24) is 14.8 Å². The van der Waals surface area contributed by atoms with Crippen molar-refractivity contribution in [2.24, 2.45) is 0 Å². The van der Waals surface area contributed by atoms with Gasteiger partial charge in [0.05, 0.1) is 6.54 Å². The Hall–Kier alpha value is -2.73. The van der Waals surface area contributed by atoms with Crippen LogP contribution >= 0.6 is 0 Å². The van der Waals surface area contributed by atoms with Crippen LogP contribution in [0.1, 0.15) is 16.9 Å². The van der Waals surface area contributed by atoms with Gasteiger partial charge in [-0.15, -0.1) is 0 Å². The van der Waals surface area contributed by atoms with E-state index < -0.39 is 0 Å². The van der Waals surface area contributed by atoms with Gasteiger partial charge in [-0.05, 0) is 30.7 Å². The fraction of sp³-hybridized carbons (Fsp3) is 0.350. The predicted molar refractivity (Wildman–Crippen MR) is 101 cm³/mol. The van der Waals surface area contributed by atoms with Crippen LogP contribution in [0.15, 0.2) is 54.7 Å². The third-order valence-corrected chi connectivity index (χ3v) is 4.64. The van der Waals surface area contributed by atoms with Crippen molar-refractivity contribution in [3.05, 3.63) is 60.4 Å². The fourth-order valence-corrected chi connectivity index (χ4v) is 3.08. The van der Waals surface area contributed by atoms with Crippen molar-refractivity contribution in [3.63, 3.8) is 0 Å². The molecular weight excluding hydrogens is 328 g/mol. The van der Waals surface area contributed by atoms with E-state index in [0.717, 1.165) is 18.7 Å². The molecule has 2 amide bonds. The van der Waals surface area contributed by atoms with Gasteiger partial charge in [0.25, 0.3) is 5.91 Å². The number of carbonyl (C=O) groups excluding carboxylic acids is 2. The van der Waals surface area contributed by atoms with Gasteiger partial charge in [0.15, 0.2) is 0 Å². The smallest absolute Gasteiger partial charge is 0.272 e. The Kier molecular flexibility index (Phi) is 5.96. The number of pyridine rings is 1. The van der Waals surface area contributed by atoms with E-state index in [-0.39, 0.29) is 11.8 Å². The Bertz CT molecular complexity index is 736. The number of hydrogen-bond donors (Lipinski definition) is 0. The van der Waals surface area contributed by atoms with Crippen LogP contribution in [-0.4, -0.2) is 66.4 Å². The minimum atomic E-state index is -0.0415. The summed E-state index contributed by atoms with van der Waals surface area (Å²) in [7, 11) is 1.80. The van der Waals surface area contributed by atoms with Gasteiger partial charge in [-0.1, -0.05) is 24.3 Å². The molecule has 1 saturated heterocycles. The highest BCUT2D eigenvalue weighted by molar-refractivity contribution is 5.94. The zero-order valence-corrected chi connectivity index (χ0v) is 15.0. The highest BCUT2D eigenvalue weighted by atomic mass is 16.2. The van der Waals surface area contributed by atoms with E-state index in [0.29, 0.717) is 31.9 Å². The summed E-state index contributed by atoms with van der Waals surface area (Å²) >= 11 is 0. The van der Waals surface area contributed by atoms with Crippen molar-refractivity contribution >= 4 is 17.5 Å². The fourth-order valence-electron chi connectivity index (χ4n) is 3.08. The van der Waals surface area contributed by atoms with Gasteiger partial charge in [-0.2, -0.15) is 0 Å². The molecule has 2 heterocycles. The topological polar surface area (TPSA) is 56.8 Å². The van der Waals surface area contributed by atoms with Crippen LogP contribution in [0.2, 0.25) is 0 Å². The lowest BCUT2D eigenvalue weighted by Crippen LogP contribution is -2.41. The first kappa shape index (κ1) is 18.1. The van der Waals surface area contributed by atoms with Crippen molar-refractivity contribution in [3.8, 4) is 0 Å². The van der Waals surface area contributed by atoms with Gasteiger partial charge in [0.2, 0.25) is 5.91 Å². The number of rotatable bonds is 4. The van der Waals surface area contributed by atoms with Crippen LogP contribution < -0.4 is 4.90 Å². The van der Waals surface area contributed by atoms with Crippen molar-refractivity contribution < 1.29 is 9.59 Å². The molecule has 0 unspecified atom stereocenters. The summed E-state index contributed by atoms with van der Waals surface area (Å²) in [5.74, 6) is 0.0147. The van der Waals surface area contributed by atoms with E-state index in [2.05, 4.69) is 9.88 Å². The third-order valence-electron chi connectivity index (χ3n) is 4.64. The molecule has 0 aliphatic carbocycles. The maximum absolute atomic E-state index is 12.6. The average molecular weight is 352 g/mol. The SMILES string of the molecule is CN(C(=O)CN1CCCN(C(=O)c2ccccn2)CC1)c1ccccc1. The second kappa shape index (κ2) is 8.58. The molecule has 0 bridgehead atoms. The second-order valence-electron chi connectivity index (χ2n) is 6.43. The number of carbonyl (C=O) groups is 2. The molecule has 1 aromatic carbocycles. The first-order valence-electron chi connectivity index (χ1n) is 8.89. The Balaban J connectivity index is 1.55. The summed E-state index contributed by atoms with van der Waals surface area (Å²) in [6, 6.07) is 15.0. The maximum Gasteiger partial charge on any atom is 0.272 e. The van der Waals surface area contributed by atoms with E-state index in [1.54, 1.807) is 30.3 Å². The first-order valence-corrected chi connectivity index (χ1v) is 8.89. The van der Waals surface area contributed by atoms with Gasteiger partial charge >= 0.3 is 0 Å². The molecule has 2 aromatic rings. The molecule has 0 radical (unpaired) electrons. The Labute approximate surface area is 154 Å². The van der Waals surface area contributed by atoms with Crippen molar-refractivity contribution in [1.29, 1.82) is 0 Å². The number of para-hydroxylation sites is 1. The van der Waals surface area contributed by atoms with E-state index in [9.17, 15) is 9.59 Å². The third kappa shape index (κ3) is 4.46. The van der Waals surface area contributed by atoms with Crippen LogP contribution in [0.5, 0.6) is 0 Å². The van der Waals surface area contributed by atoms with Crippen LogP contribution in [0, 0.1) is 0 Å². The number of aromatic nitrogens is 1. The lowest BCUT2D eigenvalue weighted by molar-refractivity contribution is -0.119. The summed E-state index contributed by atoms with van der Waals surface area (Å²) < 4.78 is 0. The number of likely N-dealkylation sites (N-methyl/N-ethyl adjacent to an activating group) is 1. The van der Waals surface area contributed by atoms with Crippen molar-refractivity contribution in [2.75, 3.05) is 44.7 Å². The van der Waals surface area contributed by atoms with Crippen LogP contribution in [0.4, 0.5) is 5.69 Å². The van der Waals surface area contributed by atoms with Gasteiger partial charge in [0.1, 0.15) is 5.69 Å². The molecule has 0 atom stereocenters. The largest absolute Gasteiger partial charge is 0.336 e. The first-order chi connectivity index (χ1) is 12.6. The van der Waals surface area contributed by atoms with Gasteiger partial charge < -0.3 is 9.80 Å². The predicted octanol–water partition coefficient (Wildman–Crippen LogP) is 1.89. The summed E-state index contributed by atoms with van der Waals surface area (Å²) in [5.41, 5.74) is 1.36. The molecular formula is C20H24N4O2. The van der Waals surface area contributed by atoms with Crippen molar-refractivity contribution in [2.45, 2.75) is 6.42 Å². The standard InChI is InChI=1S/C20H24N4O2/c1-22(17-8-3-2-4-9-17)19(25)16-23-12-7-13-24(15-14-23)20(26)18-10-5-6-11-21-18/h2-6,8-11H,7,12-16H2,1H3. The number of benzene rings is 1. The maximum atomic E-state index is 12.6. The van der Waals surface area contributed by atoms with Gasteiger partial charge in [-0.25, -0.2) is 0 Å². The number of nitrogens with zero attached hydrogens (tertiary/aromatic N) is 4. The molecule has 1 aliphatic rings. The Morgan fingerprint density at radius 2 is 1.77 bits per heavy atom. The second-order valence-corrected chi connectivity index (χ2v) is 6.43. The van der Waals surface area contributed by atoms with E-state index in [1.165, 1.54) is 0 Å². The summed E-state index contributed by atoms with van der Waals surface area (Å²) in [6.07, 6.45) is 2.48.